The van der Waals surface area contributed by atoms with Gasteiger partial charge in [-0.15, -0.1) is 4.83 Å². The molecule has 1 aliphatic heterocycles. The van der Waals surface area contributed by atoms with E-state index >= 15 is 0 Å². The smallest absolute Gasteiger partial charge is 0.335 e. The van der Waals surface area contributed by atoms with Crippen LogP contribution in [0.1, 0.15) is 28.3 Å². The van der Waals surface area contributed by atoms with Crippen molar-refractivity contribution in [1.29, 1.82) is 0 Å². The lowest BCUT2D eigenvalue weighted by molar-refractivity contribution is 0.182. The number of hydrogen-bond donors (Lipinski definition) is 2. The van der Waals surface area contributed by atoms with Crippen LogP contribution in [-0.2, 0) is 16.6 Å². The van der Waals surface area contributed by atoms with E-state index in [1.807, 2.05) is 56.3 Å². The van der Waals surface area contributed by atoms with Crippen molar-refractivity contribution in [3.05, 3.63) is 64.7 Å². The van der Waals surface area contributed by atoms with E-state index in [4.69, 9.17) is 9.88 Å². The lowest BCUT2D eigenvalue weighted by Gasteiger charge is -2.24. The first-order valence-electron chi connectivity index (χ1n) is 9.26. The standard InChI is InChI=1S/C20H26N4O4S/c1-14-4-7-17(12-15(14)2)19-13-24(22-29(21,26)27)20(25)23(19)11-10-16-5-8-18(28-3)9-6-16/h4-9,12,19,22H,10-11,13H2,1-3H3,(H2,21,26,27). The van der Waals surface area contributed by atoms with Gasteiger partial charge >= 0.3 is 6.03 Å². The van der Waals surface area contributed by atoms with Gasteiger partial charge in [0.05, 0.1) is 19.7 Å². The van der Waals surface area contributed by atoms with Crippen molar-refractivity contribution in [2.24, 2.45) is 5.14 Å². The fraction of sp³-hybridized carbons (Fsp3) is 0.350. The van der Waals surface area contributed by atoms with E-state index in [1.165, 1.54) is 0 Å². The van der Waals surface area contributed by atoms with Crippen LogP contribution in [-0.4, -0.2) is 44.6 Å². The van der Waals surface area contributed by atoms with Crippen molar-refractivity contribution in [1.82, 2.24) is 14.7 Å². The lowest BCUT2D eigenvalue weighted by Crippen LogP contribution is -2.47. The molecule has 3 N–H and O–H groups in total. The normalized spacial score (nSPS) is 17.1. The zero-order valence-electron chi connectivity index (χ0n) is 16.8. The van der Waals surface area contributed by atoms with E-state index in [1.54, 1.807) is 12.0 Å². The summed E-state index contributed by atoms with van der Waals surface area (Å²) in [7, 11) is -2.43. The maximum Gasteiger partial charge on any atom is 0.335 e. The van der Waals surface area contributed by atoms with Crippen LogP contribution in [0.5, 0.6) is 5.75 Å². The minimum atomic E-state index is -4.04. The zero-order chi connectivity index (χ0) is 21.2. The molecule has 0 saturated carbocycles. The second-order valence-electron chi connectivity index (χ2n) is 7.18. The van der Waals surface area contributed by atoms with Gasteiger partial charge in [-0.2, -0.15) is 8.42 Å². The predicted molar refractivity (Wildman–Crippen MR) is 110 cm³/mol. The number of hydrazine groups is 1. The molecule has 1 unspecified atom stereocenters. The third-order valence-corrected chi connectivity index (χ3v) is 5.64. The van der Waals surface area contributed by atoms with Crippen LogP contribution in [0.25, 0.3) is 0 Å². The number of carbonyl (C=O) groups excluding carboxylic acids is 1. The Balaban J connectivity index is 1.83. The first kappa shape index (κ1) is 21.1. The molecule has 156 valence electrons. The highest BCUT2D eigenvalue weighted by molar-refractivity contribution is 7.87. The summed E-state index contributed by atoms with van der Waals surface area (Å²) in [4.78, 5) is 16.7. The highest BCUT2D eigenvalue weighted by atomic mass is 32.2. The molecule has 1 fully saturated rings. The Kier molecular flexibility index (Phi) is 6.11. The number of aryl methyl sites for hydroxylation is 2. The number of nitrogens with zero attached hydrogens (tertiary/aromatic N) is 2. The quantitative estimate of drug-likeness (QED) is 0.718. The molecule has 1 heterocycles. The maximum absolute atomic E-state index is 12.9. The molecule has 0 radical (unpaired) electrons. The van der Waals surface area contributed by atoms with Crippen LogP contribution >= 0.6 is 0 Å². The van der Waals surface area contributed by atoms with Gasteiger partial charge in [0.2, 0.25) is 0 Å². The largest absolute Gasteiger partial charge is 0.497 e. The van der Waals surface area contributed by atoms with Gasteiger partial charge in [0.15, 0.2) is 0 Å². The molecule has 0 bridgehead atoms. The molecule has 0 aliphatic carbocycles. The van der Waals surface area contributed by atoms with Gasteiger partial charge < -0.3 is 9.64 Å². The third kappa shape index (κ3) is 5.06. The van der Waals surface area contributed by atoms with Crippen LogP contribution in [0.15, 0.2) is 42.5 Å². The Labute approximate surface area is 171 Å². The molecule has 0 aromatic heterocycles. The Bertz CT molecular complexity index is 992. The molecule has 1 atom stereocenters. The fourth-order valence-electron chi connectivity index (χ4n) is 3.42. The molecule has 3 rings (SSSR count). The van der Waals surface area contributed by atoms with Gasteiger partial charge in [-0.25, -0.2) is 14.9 Å². The zero-order valence-corrected chi connectivity index (χ0v) is 17.6. The highest BCUT2D eigenvalue weighted by Gasteiger charge is 2.39. The molecule has 2 aromatic rings. The SMILES string of the molecule is COc1ccc(CCN2C(=O)N(NS(N)(=O)=O)CC2c2ccc(C)c(C)c2)cc1. The van der Waals surface area contributed by atoms with Crippen LogP contribution in [0.2, 0.25) is 0 Å². The number of benzene rings is 2. The Hall–Kier alpha value is -2.62. The molecular weight excluding hydrogens is 392 g/mol. The van der Waals surface area contributed by atoms with Crippen LogP contribution in [0.3, 0.4) is 0 Å². The molecule has 0 spiro atoms. The number of methoxy groups -OCH3 is 1. The fourth-order valence-corrected chi connectivity index (χ4v) is 3.88. The van der Waals surface area contributed by atoms with Crippen molar-refractivity contribution >= 4 is 16.2 Å². The van der Waals surface area contributed by atoms with E-state index in [2.05, 4.69) is 4.83 Å². The summed E-state index contributed by atoms with van der Waals surface area (Å²) < 4.78 is 28.1. The average molecular weight is 419 g/mol. The lowest BCUT2D eigenvalue weighted by atomic mass is 10.0. The van der Waals surface area contributed by atoms with E-state index in [0.29, 0.717) is 13.0 Å². The summed E-state index contributed by atoms with van der Waals surface area (Å²) in [6, 6.07) is 13.0. The minimum Gasteiger partial charge on any atom is -0.497 e. The number of nitrogens with two attached hydrogens (primary N) is 1. The minimum absolute atomic E-state index is 0.181. The second-order valence-corrected chi connectivity index (χ2v) is 8.45. The first-order chi connectivity index (χ1) is 13.7. The number of rotatable bonds is 7. The summed E-state index contributed by atoms with van der Waals surface area (Å²) in [6.07, 6.45) is 0.625. The average Bonchev–Trinajstić information content (AvgIpc) is 2.97. The molecule has 9 heteroatoms. The van der Waals surface area contributed by atoms with Crippen LogP contribution in [0, 0.1) is 13.8 Å². The van der Waals surface area contributed by atoms with E-state index in [0.717, 1.165) is 33.0 Å². The Morgan fingerprint density at radius 2 is 1.83 bits per heavy atom. The van der Waals surface area contributed by atoms with Gasteiger partial charge in [0.25, 0.3) is 10.2 Å². The van der Waals surface area contributed by atoms with Crippen molar-refractivity contribution in [3.63, 3.8) is 0 Å². The van der Waals surface area contributed by atoms with E-state index in [-0.39, 0.29) is 12.6 Å². The van der Waals surface area contributed by atoms with Crippen molar-refractivity contribution in [3.8, 4) is 5.75 Å². The number of hydrogen-bond acceptors (Lipinski definition) is 4. The molecule has 1 aliphatic rings. The van der Waals surface area contributed by atoms with Crippen molar-refractivity contribution in [2.45, 2.75) is 26.3 Å². The highest BCUT2D eigenvalue weighted by Crippen LogP contribution is 2.30. The molecule has 1 saturated heterocycles. The van der Waals surface area contributed by atoms with Gasteiger partial charge in [-0.05, 0) is 54.7 Å². The molecular formula is C20H26N4O4S. The van der Waals surface area contributed by atoms with Gasteiger partial charge in [0.1, 0.15) is 5.75 Å². The van der Waals surface area contributed by atoms with Crippen LogP contribution < -0.4 is 14.7 Å². The summed E-state index contributed by atoms with van der Waals surface area (Å²) in [6.45, 7) is 4.65. The summed E-state index contributed by atoms with van der Waals surface area (Å²) >= 11 is 0. The van der Waals surface area contributed by atoms with Gasteiger partial charge in [-0.1, -0.05) is 30.3 Å². The van der Waals surface area contributed by atoms with Crippen molar-refractivity contribution in [2.75, 3.05) is 20.2 Å². The van der Waals surface area contributed by atoms with E-state index < -0.39 is 16.2 Å². The monoisotopic (exact) mass is 418 g/mol. The third-order valence-electron chi connectivity index (χ3n) is 5.16. The molecule has 29 heavy (non-hydrogen) atoms. The predicted octanol–water partition coefficient (Wildman–Crippen LogP) is 2.04. The molecule has 2 amide bonds. The number of amides is 2. The second kappa shape index (κ2) is 8.40. The summed E-state index contributed by atoms with van der Waals surface area (Å²) in [5.41, 5.74) is 4.27. The number of nitrogens with one attached hydrogen (secondary N) is 1. The summed E-state index contributed by atoms with van der Waals surface area (Å²) in [5.74, 6) is 0.766. The van der Waals surface area contributed by atoms with Gasteiger partial charge in [-0.3, -0.25) is 0 Å². The molecule has 2 aromatic carbocycles. The van der Waals surface area contributed by atoms with Gasteiger partial charge in [0, 0.05) is 6.54 Å². The first-order valence-corrected chi connectivity index (χ1v) is 10.8. The number of carbonyl (C=O) groups is 1. The number of ether oxygens (including phenoxy) is 1. The summed E-state index contributed by atoms with van der Waals surface area (Å²) in [5, 5.41) is 6.14. The Morgan fingerprint density at radius 3 is 2.41 bits per heavy atom. The van der Waals surface area contributed by atoms with Crippen molar-refractivity contribution < 1.29 is 17.9 Å². The number of urea groups is 1. The maximum atomic E-state index is 12.9. The topological polar surface area (TPSA) is 105 Å². The van der Waals surface area contributed by atoms with Crippen LogP contribution in [0.4, 0.5) is 4.79 Å². The Morgan fingerprint density at radius 1 is 1.14 bits per heavy atom. The van der Waals surface area contributed by atoms with E-state index in [9.17, 15) is 13.2 Å². The molecule has 8 nitrogen and oxygen atoms in total.